The molecule has 1 aromatic carbocycles. The summed E-state index contributed by atoms with van der Waals surface area (Å²) < 4.78 is 0. The monoisotopic (exact) mass is 295 g/mol. The predicted octanol–water partition coefficient (Wildman–Crippen LogP) is 3.47. The van der Waals surface area contributed by atoms with E-state index in [1.165, 1.54) is 0 Å². The van der Waals surface area contributed by atoms with Crippen LogP contribution in [0.2, 0.25) is 0 Å². The van der Waals surface area contributed by atoms with Crippen molar-refractivity contribution in [2.24, 2.45) is 5.11 Å². The van der Waals surface area contributed by atoms with Gasteiger partial charge in [0.05, 0.1) is 5.56 Å². The molecule has 5 nitrogen and oxygen atoms in total. The summed E-state index contributed by atoms with van der Waals surface area (Å²) in [5, 5.41) is 12.8. The van der Waals surface area contributed by atoms with E-state index in [1.54, 1.807) is 30.3 Å². The summed E-state index contributed by atoms with van der Waals surface area (Å²) in [6.07, 6.45) is 1.80. The number of rotatable bonds is 5. The second-order valence-electron chi connectivity index (χ2n) is 3.16. The molecule has 0 radical (unpaired) electrons. The molecular formula is C11H10BrN3O2. The van der Waals surface area contributed by atoms with Gasteiger partial charge in [0.15, 0.2) is 0 Å². The van der Waals surface area contributed by atoms with Crippen molar-refractivity contribution in [1.29, 1.82) is 0 Å². The summed E-state index contributed by atoms with van der Waals surface area (Å²) in [5.74, 6) is -0.949. The molecule has 0 amide bonds. The highest BCUT2D eigenvalue weighted by atomic mass is 79.9. The topological polar surface area (TPSA) is 86.1 Å². The van der Waals surface area contributed by atoms with Crippen molar-refractivity contribution in [2.75, 3.05) is 11.9 Å². The molecule has 0 heterocycles. The molecule has 0 bridgehead atoms. The van der Waals surface area contributed by atoms with Crippen molar-refractivity contribution in [3.8, 4) is 0 Å². The average Bonchev–Trinajstić information content (AvgIpc) is 2.35. The molecule has 0 fully saturated rings. The third kappa shape index (κ3) is 3.94. The molecule has 1 N–H and O–H groups in total. The van der Waals surface area contributed by atoms with E-state index in [9.17, 15) is 4.79 Å². The Morgan fingerprint density at radius 2 is 2.00 bits per heavy atom. The van der Waals surface area contributed by atoms with Gasteiger partial charge in [0.2, 0.25) is 0 Å². The number of benzene rings is 1. The van der Waals surface area contributed by atoms with Gasteiger partial charge in [-0.05, 0) is 28.8 Å². The first-order chi connectivity index (χ1) is 8.19. The second-order valence-corrected chi connectivity index (χ2v) is 3.72. The van der Waals surface area contributed by atoms with Gasteiger partial charge in [-0.25, -0.2) is 4.79 Å². The third-order valence-corrected chi connectivity index (χ3v) is 2.73. The lowest BCUT2D eigenvalue weighted by Gasteiger charge is -2.04. The largest absolute Gasteiger partial charge is 0.478 e. The third-order valence-electron chi connectivity index (χ3n) is 2.13. The SMILES string of the molecule is [N-]=[N+]=NC/C=C(\CBr)c1ccc(C(=O)O)cc1. The Kier molecular flexibility index (Phi) is 5.26. The number of halogens is 1. The van der Waals surface area contributed by atoms with Crippen LogP contribution in [0, 0.1) is 0 Å². The molecule has 0 saturated carbocycles. The van der Waals surface area contributed by atoms with Crippen molar-refractivity contribution in [1.82, 2.24) is 0 Å². The summed E-state index contributed by atoms with van der Waals surface area (Å²) in [5.41, 5.74) is 10.3. The van der Waals surface area contributed by atoms with Gasteiger partial charge in [0.25, 0.3) is 0 Å². The van der Waals surface area contributed by atoms with Crippen LogP contribution in [0.15, 0.2) is 35.5 Å². The smallest absolute Gasteiger partial charge is 0.335 e. The highest BCUT2D eigenvalue weighted by molar-refractivity contribution is 9.09. The molecule has 0 saturated heterocycles. The van der Waals surface area contributed by atoms with Crippen molar-refractivity contribution < 1.29 is 9.90 Å². The van der Waals surface area contributed by atoms with E-state index in [0.717, 1.165) is 11.1 Å². The van der Waals surface area contributed by atoms with Crippen LogP contribution in [0.1, 0.15) is 15.9 Å². The fraction of sp³-hybridized carbons (Fsp3) is 0.182. The van der Waals surface area contributed by atoms with Crippen LogP contribution in [-0.2, 0) is 0 Å². The van der Waals surface area contributed by atoms with Gasteiger partial charge in [-0.2, -0.15) is 0 Å². The number of hydrogen-bond donors (Lipinski definition) is 1. The molecule has 0 aliphatic heterocycles. The molecule has 0 spiro atoms. The Hall–Kier alpha value is -1.78. The number of carboxylic acids is 1. The van der Waals surface area contributed by atoms with Crippen molar-refractivity contribution in [2.45, 2.75) is 0 Å². The lowest BCUT2D eigenvalue weighted by molar-refractivity contribution is 0.0697. The van der Waals surface area contributed by atoms with Crippen LogP contribution in [0.25, 0.3) is 16.0 Å². The fourth-order valence-electron chi connectivity index (χ4n) is 1.26. The predicted molar refractivity (Wildman–Crippen MR) is 69.2 cm³/mol. The highest BCUT2D eigenvalue weighted by Crippen LogP contribution is 2.17. The number of carboxylic acid groups (broad SMARTS) is 1. The Morgan fingerprint density at radius 1 is 1.41 bits per heavy atom. The zero-order valence-electron chi connectivity index (χ0n) is 8.88. The quantitative estimate of drug-likeness (QED) is 0.390. The number of carbonyl (C=O) groups is 1. The first kappa shape index (κ1) is 13.3. The summed E-state index contributed by atoms with van der Waals surface area (Å²) in [4.78, 5) is 13.3. The van der Waals surface area contributed by atoms with Crippen molar-refractivity contribution in [3.63, 3.8) is 0 Å². The maximum Gasteiger partial charge on any atom is 0.335 e. The minimum atomic E-state index is -0.949. The molecule has 0 aromatic heterocycles. The molecule has 6 heteroatoms. The lowest BCUT2D eigenvalue weighted by Crippen LogP contribution is -1.96. The molecule has 1 rings (SSSR count). The standard InChI is InChI=1S/C11H10BrN3O2/c12-7-10(5-6-14-15-13)8-1-3-9(4-2-8)11(16)17/h1-5H,6-7H2,(H,16,17)/b10-5+. The van der Waals surface area contributed by atoms with E-state index in [0.29, 0.717) is 5.33 Å². The molecular weight excluding hydrogens is 286 g/mol. The zero-order valence-corrected chi connectivity index (χ0v) is 10.5. The van der Waals surface area contributed by atoms with Gasteiger partial charge in [-0.15, -0.1) is 0 Å². The van der Waals surface area contributed by atoms with Crippen LogP contribution < -0.4 is 0 Å². The second kappa shape index (κ2) is 6.73. The lowest BCUT2D eigenvalue weighted by atomic mass is 10.1. The van der Waals surface area contributed by atoms with Gasteiger partial charge in [0.1, 0.15) is 0 Å². The van der Waals surface area contributed by atoms with E-state index >= 15 is 0 Å². The summed E-state index contributed by atoms with van der Waals surface area (Å²) >= 11 is 3.33. The van der Waals surface area contributed by atoms with Crippen LogP contribution in [-0.4, -0.2) is 23.0 Å². The molecule has 0 aliphatic rings. The number of nitrogens with zero attached hydrogens (tertiary/aromatic N) is 3. The van der Waals surface area contributed by atoms with Crippen molar-refractivity contribution >= 4 is 27.5 Å². The summed E-state index contributed by atoms with van der Waals surface area (Å²) in [6.45, 7) is 0.276. The number of alkyl halides is 1. The van der Waals surface area contributed by atoms with Crippen molar-refractivity contribution in [3.05, 3.63) is 51.9 Å². The number of aromatic carboxylic acids is 1. The van der Waals surface area contributed by atoms with Gasteiger partial charge in [-0.3, -0.25) is 0 Å². The fourth-order valence-corrected chi connectivity index (χ4v) is 1.82. The molecule has 0 atom stereocenters. The zero-order chi connectivity index (χ0) is 12.7. The van der Waals surface area contributed by atoms with E-state index < -0.39 is 5.97 Å². The molecule has 17 heavy (non-hydrogen) atoms. The Morgan fingerprint density at radius 3 is 2.47 bits per heavy atom. The van der Waals surface area contributed by atoms with Gasteiger partial charge < -0.3 is 5.11 Å². The Balaban J connectivity index is 2.93. The summed E-state index contributed by atoms with van der Waals surface area (Å²) in [6, 6.07) is 6.54. The average molecular weight is 296 g/mol. The number of hydrogen-bond acceptors (Lipinski definition) is 2. The van der Waals surface area contributed by atoms with Crippen LogP contribution in [0.3, 0.4) is 0 Å². The maximum atomic E-state index is 10.7. The van der Waals surface area contributed by atoms with E-state index in [1.807, 2.05) is 0 Å². The molecule has 1 aromatic rings. The van der Waals surface area contributed by atoms with Crippen LogP contribution in [0.4, 0.5) is 0 Å². The number of allylic oxidation sites excluding steroid dienone is 1. The van der Waals surface area contributed by atoms with Gasteiger partial charge in [-0.1, -0.05) is 39.3 Å². The minimum absolute atomic E-state index is 0.248. The first-order valence-electron chi connectivity index (χ1n) is 4.78. The highest BCUT2D eigenvalue weighted by Gasteiger charge is 2.03. The van der Waals surface area contributed by atoms with Crippen LogP contribution >= 0.6 is 15.9 Å². The van der Waals surface area contributed by atoms with E-state index in [2.05, 4.69) is 26.0 Å². The first-order valence-corrected chi connectivity index (χ1v) is 5.90. The minimum Gasteiger partial charge on any atom is -0.478 e. The van der Waals surface area contributed by atoms with E-state index in [4.69, 9.17) is 10.6 Å². The Labute approximate surface area is 107 Å². The molecule has 0 aliphatic carbocycles. The number of azide groups is 1. The normalized spacial score (nSPS) is 10.8. The van der Waals surface area contributed by atoms with Crippen LogP contribution in [0.5, 0.6) is 0 Å². The summed E-state index contributed by atoms with van der Waals surface area (Å²) in [7, 11) is 0. The maximum absolute atomic E-state index is 10.7. The molecule has 0 unspecified atom stereocenters. The molecule has 88 valence electrons. The Bertz CT molecular complexity index is 476. The van der Waals surface area contributed by atoms with Gasteiger partial charge >= 0.3 is 5.97 Å². The van der Waals surface area contributed by atoms with E-state index in [-0.39, 0.29) is 12.1 Å². The van der Waals surface area contributed by atoms with Gasteiger partial charge in [0, 0.05) is 16.8 Å².